The van der Waals surface area contributed by atoms with Gasteiger partial charge in [-0.15, -0.1) is 10.2 Å². The summed E-state index contributed by atoms with van der Waals surface area (Å²) >= 11 is 1.43. The van der Waals surface area contributed by atoms with Crippen molar-refractivity contribution in [3.63, 3.8) is 0 Å². The normalized spacial score (nSPS) is 21.5. The Hall–Kier alpha value is -2.88. The van der Waals surface area contributed by atoms with Crippen molar-refractivity contribution in [2.75, 3.05) is 42.6 Å². The molecule has 0 saturated carbocycles. The summed E-state index contributed by atoms with van der Waals surface area (Å²) in [6.07, 6.45) is 3.18. The Balaban J connectivity index is 1.21. The second kappa shape index (κ2) is 8.93. The molecule has 5 rings (SSSR count). The second-order valence-electron chi connectivity index (χ2n) is 8.43. The summed E-state index contributed by atoms with van der Waals surface area (Å²) in [4.78, 5) is 28.8. The van der Waals surface area contributed by atoms with Crippen LogP contribution in [0.3, 0.4) is 0 Å². The monoisotopic (exact) mass is 457 g/mol. The smallest absolute Gasteiger partial charge is 0.228 e. The van der Waals surface area contributed by atoms with Crippen LogP contribution in [-0.2, 0) is 9.59 Å². The molecule has 2 fully saturated rings. The van der Waals surface area contributed by atoms with Gasteiger partial charge in [-0.2, -0.15) is 0 Å². The van der Waals surface area contributed by atoms with Crippen molar-refractivity contribution in [1.82, 2.24) is 15.5 Å². The largest absolute Gasteiger partial charge is 0.486 e. The highest BCUT2D eigenvalue weighted by molar-refractivity contribution is 7.19. The van der Waals surface area contributed by atoms with Crippen LogP contribution in [0.1, 0.15) is 44.2 Å². The predicted octanol–water partition coefficient (Wildman–Crippen LogP) is 2.53. The van der Waals surface area contributed by atoms with E-state index in [0.29, 0.717) is 37.9 Å². The van der Waals surface area contributed by atoms with Crippen molar-refractivity contribution >= 4 is 33.4 Å². The van der Waals surface area contributed by atoms with Gasteiger partial charge in [-0.05, 0) is 43.9 Å². The summed E-state index contributed by atoms with van der Waals surface area (Å²) in [6, 6.07) is 5.67. The third-order valence-corrected chi connectivity index (χ3v) is 7.20. The lowest BCUT2D eigenvalue weighted by molar-refractivity contribution is -0.126. The number of hydrogen-bond donors (Lipinski definition) is 1. The summed E-state index contributed by atoms with van der Waals surface area (Å²) in [5, 5.41) is 13.1. The van der Waals surface area contributed by atoms with Crippen LogP contribution in [0.5, 0.6) is 11.5 Å². The van der Waals surface area contributed by atoms with Gasteiger partial charge in [0.05, 0.1) is 12.0 Å². The number of amides is 2. The third-order valence-electron chi connectivity index (χ3n) is 6.20. The number of aromatic nitrogens is 2. The van der Waals surface area contributed by atoms with E-state index >= 15 is 0 Å². The van der Waals surface area contributed by atoms with E-state index in [9.17, 15) is 9.59 Å². The van der Waals surface area contributed by atoms with Gasteiger partial charge in [0.25, 0.3) is 0 Å². The lowest BCUT2D eigenvalue weighted by atomic mass is 9.96. The van der Waals surface area contributed by atoms with Crippen LogP contribution in [0, 0.1) is 5.92 Å². The number of carbonyl (C=O) groups is 2. The summed E-state index contributed by atoms with van der Waals surface area (Å²) < 4.78 is 11.2. The fraction of sp³-hybridized carbons (Fsp3) is 0.545. The van der Waals surface area contributed by atoms with Gasteiger partial charge in [0.15, 0.2) is 11.5 Å². The molecule has 0 bridgehead atoms. The van der Waals surface area contributed by atoms with E-state index in [0.717, 1.165) is 48.0 Å². The van der Waals surface area contributed by atoms with E-state index in [1.807, 2.05) is 25.1 Å². The SMILES string of the molecule is C[C@@H](NC(=O)[C@@H]1CCCN(c2nnc(N3CCCC3=O)s2)C1)c1ccc2c(c1)OCCO2. The third kappa shape index (κ3) is 4.23. The molecule has 0 aliphatic carbocycles. The molecule has 2 amide bonds. The Morgan fingerprint density at radius 3 is 2.78 bits per heavy atom. The maximum atomic E-state index is 13.0. The summed E-state index contributed by atoms with van der Waals surface area (Å²) in [7, 11) is 0. The molecule has 32 heavy (non-hydrogen) atoms. The first-order chi connectivity index (χ1) is 15.6. The Labute approximate surface area is 190 Å². The van der Waals surface area contributed by atoms with Crippen molar-refractivity contribution in [2.45, 2.75) is 38.6 Å². The van der Waals surface area contributed by atoms with E-state index < -0.39 is 0 Å². The molecule has 10 heteroatoms. The highest BCUT2D eigenvalue weighted by Gasteiger charge is 2.30. The molecule has 0 unspecified atom stereocenters. The van der Waals surface area contributed by atoms with Gasteiger partial charge < -0.3 is 19.7 Å². The Bertz CT molecular complexity index is 1010. The molecule has 3 aliphatic rings. The van der Waals surface area contributed by atoms with Crippen molar-refractivity contribution in [3.05, 3.63) is 23.8 Å². The number of ether oxygens (including phenoxy) is 2. The number of hydrogen-bond acceptors (Lipinski definition) is 8. The van der Waals surface area contributed by atoms with Crippen molar-refractivity contribution in [2.24, 2.45) is 5.92 Å². The standard InChI is InChI=1S/C22H27N5O4S/c1-14(15-6-7-17-18(12-15)31-11-10-30-17)23-20(29)16-4-2-8-26(13-16)21-24-25-22(32-21)27-9-3-5-19(27)28/h6-7,12,14,16H,2-5,8-11,13H2,1H3,(H,23,29)/t14-,16-/m1/s1. The predicted molar refractivity (Wildman–Crippen MR) is 120 cm³/mol. The van der Waals surface area contributed by atoms with Crippen LogP contribution >= 0.6 is 11.3 Å². The van der Waals surface area contributed by atoms with Crippen LogP contribution in [0.2, 0.25) is 0 Å². The molecule has 0 radical (unpaired) electrons. The molecule has 2 atom stereocenters. The Morgan fingerprint density at radius 1 is 1.16 bits per heavy atom. The molecule has 1 aromatic heterocycles. The molecule has 2 saturated heterocycles. The van der Waals surface area contributed by atoms with E-state index in [1.165, 1.54) is 11.3 Å². The number of nitrogens with zero attached hydrogens (tertiary/aromatic N) is 4. The van der Waals surface area contributed by atoms with Gasteiger partial charge in [-0.3, -0.25) is 14.5 Å². The van der Waals surface area contributed by atoms with Crippen molar-refractivity contribution in [3.8, 4) is 11.5 Å². The molecule has 1 aromatic carbocycles. The zero-order valence-electron chi connectivity index (χ0n) is 18.1. The molecule has 170 valence electrons. The van der Waals surface area contributed by atoms with Crippen LogP contribution in [0.15, 0.2) is 18.2 Å². The fourth-order valence-corrected chi connectivity index (χ4v) is 5.33. The summed E-state index contributed by atoms with van der Waals surface area (Å²) in [5.41, 5.74) is 0.985. The number of nitrogens with one attached hydrogen (secondary N) is 1. The topological polar surface area (TPSA) is 96.9 Å². The first-order valence-electron chi connectivity index (χ1n) is 11.2. The Morgan fingerprint density at radius 2 is 1.97 bits per heavy atom. The first-order valence-corrected chi connectivity index (χ1v) is 12.0. The molecule has 3 aliphatic heterocycles. The molecular weight excluding hydrogens is 430 g/mol. The zero-order valence-corrected chi connectivity index (χ0v) is 18.9. The molecule has 0 spiro atoms. The highest BCUT2D eigenvalue weighted by Crippen LogP contribution is 2.34. The highest BCUT2D eigenvalue weighted by atomic mass is 32.1. The van der Waals surface area contributed by atoms with Crippen LogP contribution in [0.25, 0.3) is 0 Å². The first kappa shape index (κ1) is 21.0. The van der Waals surface area contributed by atoms with E-state index in [4.69, 9.17) is 9.47 Å². The lowest BCUT2D eigenvalue weighted by Crippen LogP contribution is -2.43. The van der Waals surface area contributed by atoms with Gasteiger partial charge in [-0.25, -0.2) is 0 Å². The van der Waals surface area contributed by atoms with Crippen LogP contribution in [0.4, 0.5) is 10.3 Å². The average Bonchev–Trinajstić information content (AvgIpc) is 3.47. The summed E-state index contributed by atoms with van der Waals surface area (Å²) in [6.45, 7) is 5.21. The van der Waals surface area contributed by atoms with Crippen LogP contribution in [-0.4, -0.2) is 54.9 Å². The molecule has 2 aromatic rings. The number of anilines is 2. The number of benzene rings is 1. The number of carbonyl (C=O) groups excluding carboxylic acids is 2. The second-order valence-corrected chi connectivity index (χ2v) is 9.37. The van der Waals surface area contributed by atoms with Gasteiger partial charge in [0.2, 0.25) is 22.1 Å². The van der Waals surface area contributed by atoms with E-state index in [-0.39, 0.29) is 23.8 Å². The number of piperidine rings is 1. The zero-order chi connectivity index (χ0) is 22.1. The van der Waals surface area contributed by atoms with E-state index in [1.54, 1.807) is 4.90 Å². The lowest BCUT2D eigenvalue weighted by Gasteiger charge is -2.32. The average molecular weight is 458 g/mol. The number of fused-ring (bicyclic) bond motifs is 1. The maximum absolute atomic E-state index is 13.0. The van der Waals surface area contributed by atoms with Gasteiger partial charge in [0, 0.05) is 26.1 Å². The minimum absolute atomic E-state index is 0.0385. The van der Waals surface area contributed by atoms with Gasteiger partial charge in [-0.1, -0.05) is 17.4 Å². The quantitative estimate of drug-likeness (QED) is 0.737. The van der Waals surface area contributed by atoms with Gasteiger partial charge in [0.1, 0.15) is 13.2 Å². The summed E-state index contributed by atoms with van der Waals surface area (Å²) in [5.74, 6) is 1.49. The minimum atomic E-state index is -0.136. The molecule has 9 nitrogen and oxygen atoms in total. The molecule has 1 N–H and O–H groups in total. The van der Waals surface area contributed by atoms with Gasteiger partial charge >= 0.3 is 0 Å². The molecular formula is C22H27N5O4S. The maximum Gasteiger partial charge on any atom is 0.228 e. The molecule has 4 heterocycles. The van der Waals surface area contributed by atoms with E-state index in [2.05, 4.69) is 20.4 Å². The van der Waals surface area contributed by atoms with Crippen molar-refractivity contribution < 1.29 is 19.1 Å². The Kier molecular flexibility index (Phi) is 5.86. The van der Waals surface area contributed by atoms with Crippen molar-refractivity contribution in [1.29, 1.82) is 0 Å². The van der Waals surface area contributed by atoms with Crippen LogP contribution < -0.4 is 24.6 Å². The minimum Gasteiger partial charge on any atom is -0.486 e. The fourth-order valence-electron chi connectivity index (χ4n) is 4.40. The number of rotatable bonds is 5.